The first-order valence-electron chi connectivity index (χ1n) is 12.3. The Kier molecular flexibility index (Phi) is 6.41. The van der Waals surface area contributed by atoms with Crippen molar-refractivity contribution in [2.24, 2.45) is 52.3 Å². The van der Waals surface area contributed by atoms with Gasteiger partial charge in [0.1, 0.15) is 0 Å². The summed E-state index contributed by atoms with van der Waals surface area (Å²) in [5, 5.41) is 12.2. The highest BCUT2D eigenvalue weighted by Crippen LogP contribution is 2.63. The topological polar surface area (TPSA) is 29.5 Å². The van der Waals surface area contributed by atoms with E-state index in [0.717, 1.165) is 18.3 Å². The molecule has 0 heterocycles. The van der Waals surface area contributed by atoms with Gasteiger partial charge >= 0.3 is 0 Å². The van der Waals surface area contributed by atoms with E-state index in [1.807, 2.05) is 0 Å². The van der Waals surface area contributed by atoms with E-state index >= 15 is 0 Å². The molecule has 29 heavy (non-hydrogen) atoms. The van der Waals surface area contributed by atoms with Crippen LogP contribution in [-0.2, 0) is 4.74 Å². The third kappa shape index (κ3) is 3.86. The standard InChI is InChI=1S/C27H48O2/c1-10-21-13-11-18(3)24-19(4)17(2)12-14-22(24)27(28,29-9)26(7,8)23-15-20(23)16-25(21,5)6/h11,17,19-24,28H,10,12-16H2,1-9H3/b18-11+/t17-,19+,20-,21?,22-,23?,24?,27?/m1/s1. The SMILES string of the molecule is CCC1C/C=C(\C)C2[C@@H](C)[C@H](C)CC[C@H]2C(O)(OC)C(C)(C)C2C[C@@H]2CC1(C)C. The summed E-state index contributed by atoms with van der Waals surface area (Å²) < 4.78 is 6.12. The number of aliphatic hydroxyl groups is 1. The van der Waals surface area contributed by atoms with Crippen molar-refractivity contribution in [1.82, 2.24) is 0 Å². The largest absolute Gasteiger partial charge is 0.365 e. The number of allylic oxidation sites excluding steroid dienone is 2. The van der Waals surface area contributed by atoms with Crippen molar-refractivity contribution >= 4 is 0 Å². The first-order valence-corrected chi connectivity index (χ1v) is 12.3. The zero-order chi connectivity index (χ0) is 21.8. The van der Waals surface area contributed by atoms with Crippen LogP contribution in [0.3, 0.4) is 0 Å². The van der Waals surface area contributed by atoms with Crippen LogP contribution in [0, 0.1) is 52.3 Å². The smallest absolute Gasteiger partial charge is 0.173 e. The van der Waals surface area contributed by atoms with Gasteiger partial charge in [-0.05, 0) is 80.0 Å². The molecule has 168 valence electrons. The normalized spacial score (nSPS) is 48.9. The van der Waals surface area contributed by atoms with Gasteiger partial charge in [-0.25, -0.2) is 0 Å². The minimum absolute atomic E-state index is 0.179. The van der Waals surface area contributed by atoms with Crippen LogP contribution >= 0.6 is 0 Å². The molecule has 0 radical (unpaired) electrons. The predicted molar refractivity (Wildman–Crippen MR) is 122 cm³/mol. The lowest BCUT2D eigenvalue weighted by molar-refractivity contribution is -0.304. The molecule has 0 spiro atoms. The minimum Gasteiger partial charge on any atom is -0.365 e. The maximum Gasteiger partial charge on any atom is 0.173 e. The quantitative estimate of drug-likeness (QED) is 0.394. The summed E-state index contributed by atoms with van der Waals surface area (Å²) in [5.41, 5.74) is 1.60. The van der Waals surface area contributed by atoms with Crippen LogP contribution in [0.25, 0.3) is 0 Å². The Hall–Kier alpha value is -0.340. The fraction of sp³-hybridized carbons (Fsp3) is 0.926. The van der Waals surface area contributed by atoms with E-state index in [1.165, 1.54) is 37.7 Å². The molecule has 2 fully saturated rings. The minimum atomic E-state index is -1.06. The Morgan fingerprint density at radius 1 is 1.10 bits per heavy atom. The number of methoxy groups -OCH3 is 1. The summed E-state index contributed by atoms with van der Waals surface area (Å²) in [6.45, 7) is 19.1. The molecule has 8 atom stereocenters. The van der Waals surface area contributed by atoms with Gasteiger partial charge in [0.2, 0.25) is 0 Å². The lowest BCUT2D eigenvalue weighted by Crippen LogP contribution is -2.58. The Morgan fingerprint density at radius 2 is 1.76 bits per heavy atom. The van der Waals surface area contributed by atoms with Gasteiger partial charge in [0, 0.05) is 18.4 Å². The van der Waals surface area contributed by atoms with Crippen LogP contribution in [0.1, 0.15) is 93.9 Å². The van der Waals surface area contributed by atoms with Crippen molar-refractivity contribution in [3.63, 3.8) is 0 Å². The zero-order valence-electron chi connectivity index (χ0n) is 20.7. The second kappa shape index (κ2) is 7.97. The van der Waals surface area contributed by atoms with Gasteiger partial charge in [-0.3, -0.25) is 0 Å². The fourth-order valence-electron chi connectivity index (χ4n) is 7.64. The van der Waals surface area contributed by atoms with Gasteiger partial charge in [-0.15, -0.1) is 0 Å². The second-order valence-corrected chi connectivity index (χ2v) is 12.3. The third-order valence-electron chi connectivity index (χ3n) is 10.1. The van der Waals surface area contributed by atoms with Crippen molar-refractivity contribution in [3.8, 4) is 0 Å². The van der Waals surface area contributed by atoms with E-state index in [1.54, 1.807) is 7.11 Å². The Bertz CT molecular complexity index is 618. The summed E-state index contributed by atoms with van der Waals surface area (Å²) in [5.74, 6) is 2.81. The average Bonchev–Trinajstić information content (AvgIpc) is 3.41. The van der Waals surface area contributed by atoms with Crippen LogP contribution < -0.4 is 0 Å². The summed E-state index contributed by atoms with van der Waals surface area (Å²) in [6.07, 6.45) is 9.73. The van der Waals surface area contributed by atoms with Crippen molar-refractivity contribution in [3.05, 3.63) is 11.6 Å². The molecule has 0 aromatic rings. The van der Waals surface area contributed by atoms with Gasteiger partial charge in [-0.2, -0.15) is 0 Å². The highest BCUT2D eigenvalue weighted by molar-refractivity contribution is 5.16. The Labute approximate surface area is 180 Å². The zero-order valence-corrected chi connectivity index (χ0v) is 20.7. The summed E-state index contributed by atoms with van der Waals surface area (Å²) >= 11 is 0. The molecule has 0 amide bonds. The first-order chi connectivity index (χ1) is 13.4. The lowest BCUT2D eigenvalue weighted by atomic mass is 9.57. The summed E-state index contributed by atoms with van der Waals surface area (Å²) in [6, 6.07) is 0. The predicted octanol–water partition coefficient (Wildman–Crippen LogP) is 7.07. The highest BCUT2D eigenvalue weighted by atomic mass is 16.6. The van der Waals surface area contributed by atoms with E-state index in [9.17, 15) is 5.11 Å². The molecule has 0 aromatic carbocycles. The second-order valence-electron chi connectivity index (χ2n) is 12.3. The van der Waals surface area contributed by atoms with E-state index in [4.69, 9.17) is 4.74 Å². The molecule has 3 aliphatic carbocycles. The number of hydrogen-bond donors (Lipinski definition) is 1. The van der Waals surface area contributed by atoms with E-state index < -0.39 is 5.79 Å². The molecule has 0 aromatic heterocycles. The van der Waals surface area contributed by atoms with Crippen LogP contribution in [-0.4, -0.2) is 18.0 Å². The number of ether oxygens (including phenoxy) is 1. The number of fused-ring (bicyclic) bond motifs is 2. The highest BCUT2D eigenvalue weighted by Gasteiger charge is 2.63. The molecular formula is C27H48O2. The fourth-order valence-corrected chi connectivity index (χ4v) is 7.64. The van der Waals surface area contributed by atoms with E-state index in [2.05, 4.69) is 61.5 Å². The molecule has 2 nitrogen and oxygen atoms in total. The monoisotopic (exact) mass is 404 g/mol. The molecule has 4 unspecified atom stereocenters. The van der Waals surface area contributed by atoms with Crippen molar-refractivity contribution in [2.75, 3.05) is 7.11 Å². The average molecular weight is 405 g/mol. The van der Waals surface area contributed by atoms with E-state index in [0.29, 0.717) is 29.1 Å². The van der Waals surface area contributed by atoms with E-state index in [-0.39, 0.29) is 11.3 Å². The van der Waals surface area contributed by atoms with Crippen molar-refractivity contribution in [2.45, 2.75) is 99.7 Å². The molecule has 1 N–H and O–H groups in total. The van der Waals surface area contributed by atoms with Crippen molar-refractivity contribution in [1.29, 1.82) is 0 Å². The van der Waals surface area contributed by atoms with Gasteiger partial charge in [0.05, 0.1) is 0 Å². The lowest BCUT2D eigenvalue weighted by Gasteiger charge is -2.54. The molecule has 2 saturated carbocycles. The first kappa shape index (κ1) is 23.3. The van der Waals surface area contributed by atoms with Crippen LogP contribution in [0.2, 0.25) is 0 Å². The summed E-state index contributed by atoms with van der Waals surface area (Å²) in [7, 11) is 1.75. The molecule has 3 rings (SSSR count). The van der Waals surface area contributed by atoms with Crippen molar-refractivity contribution < 1.29 is 9.84 Å². The maximum atomic E-state index is 12.2. The Morgan fingerprint density at radius 3 is 2.34 bits per heavy atom. The van der Waals surface area contributed by atoms with Gasteiger partial charge in [0.25, 0.3) is 0 Å². The number of rotatable bonds is 2. The van der Waals surface area contributed by atoms with Crippen LogP contribution in [0.5, 0.6) is 0 Å². The van der Waals surface area contributed by atoms with Gasteiger partial charge in [-0.1, -0.05) is 66.5 Å². The molecular weight excluding hydrogens is 356 g/mol. The van der Waals surface area contributed by atoms with Gasteiger partial charge in [0.15, 0.2) is 5.79 Å². The van der Waals surface area contributed by atoms with Crippen LogP contribution in [0.15, 0.2) is 11.6 Å². The number of hydrogen-bond acceptors (Lipinski definition) is 2. The maximum absolute atomic E-state index is 12.2. The van der Waals surface area contributed by atoms with Gasteiger partial charge < -0.3 is 9.84 Å². The third-order valence-corrected chi connectivity index (χ3v) is 10.1. The molecule has 0 aliphatic heterocycles. The molecule has 3 aliphatic rings. The molecule has 0 bridgehead atoms. The summed E-state index contributed by atoms with van der Waals surface area (Å²) in [4.78, 5) is 0. The Balaban J connectivity index is 2.10. The molecule has 0 saturated heterocycles. The molecule has 2 heteroatoms. The van der Waals surface area contributed by atoms with Crippen LogP contribution in [0.4, 0.5) is 0 Å².